The summed E-state index contributed by atoms with van der Waals surface area (Å²) in [6.45, 7) is 0.495. The van der Waals surface area contributed by atoms with E-state index in [0.29, 0.717) is 18.0 Å². The normalized spacial score (nSPS) is 22.3. The van der Waals surface area contributed by atoms with Crippen LogP contribution in [0.4, 0.5) is 0 Å². The number of methoxy groups -OCH3 is 2. The van der Waals surface area contributed by atoms with Crippen LogP contribution in [0.3, 0.4) is 0 Å². The number of rotatable bonds is 6. The lowest BCUT2D eigenvalue weighted by Crippen LogP contribution is -2.44. The molecular weight excluding hydrogens is 304 g/mol. The molecular formula is C15H24N2O4S. The van der Waals surface area contributed by atoms with Crippen LogP contribution in [0.15, 0.2) is 23.1 Å². The van der Waals surface area contributed by atoms with Gasteiger partial charge in [-0.1, -0.05) is 12.8 Å². The highest BCUT2D eigenvalue weighted by atomic mass is 32.2. The lowest BCUT2D eigenvalue weighted by atomic mass is 9.85. The van der Waals surface area contributed by atoms with E-state index in [1.807, 2.05) is 0 Å². The fraction of sp³-hybridized carbons (Fsp3) is 0.600. The quantitative estimate of drug-likeness (QED) is 0.826. The zero-order valence-electron chi connectivity index (χ0n) is 13.0. The third-order valence-electron chi connectivity index (χ3n) is 4.15. The molecule has 0 bridgehead atoms. The van der Waals surface area contributed by atoms with Crippen molar-refractivity contribution in [3.63, 3.8) is 0 Å². The van der Waals surface area contributed by atoms with Crippen molar-refractivity contribution >= 4 is 10.0 Å². The lowest BCUT2D eigenvalue weighted by molar-refractivity contribution is 0.296. The molecule has 3 N–H and O–H groups in total. The topological polar surface area (TPSA) is 90.6 Å². The number of nitrogens with two attached hydrogens (primary N) is 1. The summed E-state index contributed by atoms with van der Waals surface area (Å²) in [7, 11) is -0.653. The van der Waals surface area contributed by atoms with E-state index in [4.69, 9.17) is 15.2 Å². The maximum absolute atomic E-state index is 12.6. The second-order valence-electron chi connectivity index (χ2n) is 5.56. The van der Waals surface area contributed by atoms with E-state index in [-0.39, 0.29) is 16.9 Å². The van der Waals surface area contributed by atoms with E-state index in [0.717, 1.165) is 25.7 Å². The Morgan fingerprint density at radius 3 is 2.27 bits per heavy atom. The van der Waals surface area contributed by atoms with E-state index >= 15 is 0 Å². The maximum Gasteiger partial charge on any atom is 0.241 e. The molecule has 6 nitrogen and oxygen atoms in total. The summed E-state index contributed by atoms with van der Waals surface area (Å²) in [5, 5.41) is 0. The van der Waals surface area contributed by atoms with Gasteiger partial charge in [0.2, 0.25) is 10.0 Å². The molecule has 1 aliphatic carbocycles. The van der Waals surface area contributed by atoms with Crippen LogP contribution in [-0.2, 0) is 10.0 Å². The average Bonchev–Trinajstić information content (AvgIpc) is 2.54. The summed E-state index contributed by atoms with van der Waals surface area (Å²) in [5.74, 6) is 1.08. The van der Waals surface area contributed by atoms with Crippen molar-refractivity contribution in [2.24, 2.45) is 11.7 Å². The first-order valence-electron chi connectivity index (χ1n) is 7.45. The van der Waals surface area contributed by atoms with Crippen LogP contribution >= 0.6 is 0 Å². The van der Waals surface area contributed by atoms with Crippen LogP contribution in [0, 0.1) is 5.92 Å². The molecule has 0 heterocycles. The predicted molar refractivity (Wildman–Crippen MR) is 84.7 cm³/mol. The number of nitrogens with one attached hydrogen (secondary N) is 1. The Bertz CT molecular complexity index is 581. The van der Waals surface area contributed by atoms with Gasteiger partial charge in [-0.15, -0.1) is 0 Å². The number of hydrogen-bond acceptors (Lipinski definition) is 5. The Hall–Kier alpha value is -1.31. The third kappa shape index (κ3) is 3.91. The SMILES string of the molecule is COc1cc(OC)cc(S(=O)(=O)NC2CCCCC2CN)c1. The van der Waals surface area contributed by atoms with Crippen molar-refractivity contribution in [1.82, 2.24) is 4.72 Å². The Morgan fingerprint density at radius 2 is 1.73 bits per heavy atom. The summed E-state index contributed by atoms with van der Waals surface area (Å²) in [4.78, 5) is 0.144. The van der Waals surface area contributed by atoms with Gasteiger partial charge in [-0.05, 0) is 25.3 Å². The Balaban J connectivity index is 2.26. The van der Waals surface area contributed by atoms with Crippen molar-refractivity contribution in [2.45, 2.75) is 36.6 Å². The molecule has 0 aromatic heterocycles. The van der Waals surface area contributed by atoms with Crippen molar-refractivity contribution in [2.75, 3.05) is 20.8 Å². The molecule has 0 amide bonds. The molecule has 0 aliphatic heterocycles. The van der Waals surface area contributed by atoms with Crippen molar-refractivity contribution < 1.29 is 17.9 Å². The second kappa shape index (κ2) is 7.30. The molecule has 0 radical (unpaired) electrons. The highest BCUT2D eigenvalue weighted by Gasteiger charge is 2.29. The summed E-state index contributed by atoms with van der Waals surface area (Å²) in [6, 6.07) is 4.51. The van der Waals surface area contributed by atoms with Crippen molar-refractivity contribution in [3.05, 3.63) is 18.2 Å². The third-order valence-corrected chi connectivity index (χ3v) is 5.62. The smallest absolute Gasteiger partial charge is 0.241 e. The maximum atomic E-state index is 12.6. The molecule has 0 saturated heterocycles. The van der Waals surface area contributed by atoms with E-state index in [9.17, 15) is 8.42 Å². The van der Waals surface area contributed by atoms with Crippen molar-refractivity contribution in [3.8, 4) is 11.5 Å². The molecule has 1 aromatic carbocycles. The Morgan fingerprint density at radius 1 is 1.14 bits per heavy atom. The van der Waals surface area contributed by atoms with Gasteiger partial charge in [0.15, 0.2) is 0 Å². The fourth-order valence-corrected chi connectivity index (χ4v) is 4.24. The van der Waals surface area contributed by atoms with Crippen LogP contribution in [-0.4, -0.2) is 35.2 Å². The molecule has 1 aliphatic rings. The largest absolute Gasteiger partial charge is 0.497 e. The number of benzene rings is 1. The summed E-state index contributed by atoms with van der Waals surface area (Å²) >= 11 is 0. The summed E-state index contributed by atoms with van der Waals surface area (Å²) < 4.78 is 38.3. The van der Waals surface area contributed by atoms with E-state index in [1.165, 1.54) is 26.4 Å². The van der Waals surface area contributed by atoms with E-state index in [1.54, 1.807) is 6.07 Å². The standard InChI is InChI=1S/C15H24N2O4S/c1-20-12-7-13(21-2)9-14(8-12)22(18,19)17-15-6-4-3-5-11(15)10-16/h7-9,11,15,17H,3-6,10,16H2,1-2H3. The van der Waals surface area contributed by atoms with Gasteiger partial charge in [0, 0.05) is 24.2 Å². The molecule has 1 saturated carbocycles. The molecule has 2 atom stereocenters. The van der Waals surface area contributed by atoms with Gasteiger partial charge >= 0.3 is 0 Å². The molecule has 1 aromatic rings. The summed E-state index contributed by atoms with van der Waals surface area (Å²) in [6.07, 6.45) is 3.91. The van der Waals surface area contributed by atoms with Gasteiger partial charge in [0.1, 0.15) is 11.5 Å². The van der Waals surface area contributed by atoms with E-state index in [2.05, 4.69) is 4.72 Å². The molecule has 22 heavy (non-hydrogen) atoms. The molecule has 7 heteroatoms. The van der Waals surface area contributed by atoms with Gasteiger partial charge < -0.3 is 15.2 Å². The Kier molecular flexibility index (Phi) is 5.66. The lowest BCUT2D eigenvalue weighted by Gasteiger charge is -2.31. The minimum absolute atomic E-state index is 0.110. The zero-order valence-corrected chi connectivity index (χ0v) is 13.9. The number of sulfonamides is 1. The molecule has 0 spiro atoms. The first-order valence-corrected chi connectivity index (χ1v) is 8.94. The Labute approximate surface area is 132 Å². The zero-order chi connectivity index (χ0) is 16.2. The fourth-order valence-electron chi connectivity index (χ4n) is 2.85. The monoisotopic (exact) mass is 328 g/mol. The van der Waals surface area contributed by atoms with E-state index < -0.39 is 10.0 Å². The van der Waals surface area contributed by atoms with Gasteiger partial charge in [0.25, 0.3) is 0 Å². The van der Waals surface area contributed by atoms with Crippen LogP contribution in [0.25, 0.3) is 0 Å². The van der Waals surface area contributed by atoms with Gasteiger partial charge in [0.05, 0.1) is 19.1 Å². The van der Waals surface area contributed by atoms with Crippen LogP contribution in [0.5, 0.6) is 11.5 Å². The summed E-state index contributed by atoms with van der Waals surface area (Å²) in [5.41, 5.74) is 5.77. The van der Waals surface area contributed by atoms with Gasteiger partial charge in [-0.25, -0.2) is 13.1 Å². The first-order chi connectivity index (χ1) is 10.5. The molecule has 1 fully saturated rings. The number of ether oxygens (including phenoxy) is 2. The minimum atomic E-state index is -3.63. The van der Waals surface area contributed by atoms with Crippen LogP contribution < -0.4 is 19.9 Å². The highest BCUT2D eigenvalue weighted by molar-refractivity contribution is 7.89. The first kappa shape index (κ1) is 17.1. The molecule has 124 valence electrons. The number of hydrogen-bond donors (Lipinski definition) is 2. The van der Waals surface area contributed by atoms with Crippen LogP contribution in [0.1, 0.15) is 25.7 Å². The molecule has 2 rings (SSSR count). The average molecular weight is 328 g/mol. The highest BCUT2D eigenvalue weighted by Crippen LogP contribution is 2.28. The minimum Gasteiger partial charge on any atom is -0.497 e. The van der Waals surface area contributed by atoms with Gasteiger partial charge in [-0.3, -0.25) is 0 Å². The van der Waals surface area contributed by atoms with Crippen molar-refractivity contribution in [1.29, 1.82) is 0 Å². The second-order valence-corrected chi connectivity index (χ2v) is 7.27. The van der Waals surface area contributed by atoms with Crippen LogP contribution in [0.2, 0.25) is 0 Å². The molecule has 2 unspecified atom stereocenters. The van der Waals surface area contributed by atoms with Gasteiger partial charge in [-0.2, -0.15) is 0 Å². The predicted octanol–water partition coefficient (Wildman–Crippen LogP) is 1.50.